The molecule has 0 bridgehead atoms. The second-order valence-corrected chi connectivity index (χ2v) is 11.2. The van der Waals surface area contributed by atoms with Gasteiger partial charge in [-0.1, -0.05) is 36.4 Å². The number of aromatic nitrogens is 1. The van der Waals surface area contributed by atoms with Crippen molar-refractivity contribution in [2.45, 2.75) is 37.7 Å². The molecule has 0 saturated heterocycles. The van der Waals surface area contributed by atoms with E-state index in [4.69, 9.17) is 5.11 Å². The number of benzene rings is 1. The molecule has 11 nitrogen and oxygen atoms in total. The fourth-order valence-electron chi connectivity index (χ4n) is 3.26. The maximum absolute atomic E-state index is 12.9. The lowest BCUT2D eigenvalue weighted by Crippen LogP contribution is -2.53. The van der Waals surface area contributed by atoms with Crippen molar-refractivity contribution in [3.8, 4) is 0 Å². The molecule has 0 unspecified atom stereocenters. The van der Waals surface area contributed by atoms with Gasteiger partial charge in [0, 0.05) is 20.6 Å². The van der Waals surface area contributed by atoms with E-state index in [2.05, 4.69) is 10.3 Å². The largest absolute Gasteiger partial charge is 0.477 e. The molecule has 1 aromatic heterocycles. The smallest absolute Gasteiger partial charge is 0.354 e. The van der Waals surface area contributed by atoms with E-state index in [1.54, 1.807) is 30.3 Å². The molecule has 0 radical (unpaired) electrons. The van der Waals surface area contributed by atoms with Gasteiger partial charge in [0.25, 0.3) is 5.91 Å². The summed E-state index contributed by atoms with van der Waals surface area (Å²) in [6, 6.07) is 11.9. The average molecular weight is 521 g/mol. The van der Waals surface area contributed by atoms with Crippen molar-refractivity contribution in [3.63, 3.8) is 0 Å². The summed E-state index contributed by atoms with van der Waals surface area (Å²) in [5.41, 5.74) is 0.269. The van der Waals surface area contributed by atoms with Crippen LogP contribution in [0.15, 0.2) is 48.5 Å². The van der Waals surface area contributed by atoms with Crippen molar-refractivity contribution < 1.29 is 33.0 Å². The number of pyridine rings is 1. The molecular weight excluding hydrogens is 488 g/mol. The second-order valence-electron chi connectivity index (χ2n) is 8.72. The average Bonchev–Trinajstić information content (AvgIpc) is 2.83. The third-order valence-corrected chi connectivity index (χ3v) is 7.63. The Morgan fingerprint density at radius 2 is 1.61 bits per heavy atom. The van der Waals surface area contributed by atoms with Crippen LogP contribution in [0.5, 0.6) is 0 Å². The quantitative estimate of drug-likeness (QED) is 0.367. The molecule has 2 aromatic rings. The number of carboxylic acids is 1. The van der Waals surface area contributed by atoms with Gasteiger partial charge >= 0.3 is 5.97 Å². The zero-order valence-electron chi connectivity index (χ0n) is 20.7. The van der Waals surface area contributed by atoms with Crippen LogP contribution in [0, 0.1) is 0 Å². The van der Waals surface area contributed by atoms with E-state index in [1.165, 1.54) is 51.0 Å². The summed E-state index contributed by atoms with van der Waals surface area (Å²) in [6.07, 6.45) is -1.26. The summed E-state index contributed by atoms with van der Waals surface area (Å²) < 4.78 is 26.8. The SMILES string of the molecule is CC(C)S(=O)(=O)N(CC(=O)N(C)C)C[C@@H](O)[C@H](Cc1ccccc1)NC(=O)c1cccc(C(=O)O)n1. The molecule has 12 heteroatoms. The number of carboxylic acid groups (broad SMARTS) is 1. The fraction of sp³-hybridized carbons (Fsp3) is 0.417. The van der Waals surface area contributed by atoms with E-state index in [9.17, 15) is 27.9 Å². The lowest BCUT2D eigenvalue weighted by Gasteiger charge is -2.31. The second kappa shape index (κ2) is 12.6. The van der Waals surface area contributed by atoms with Crippen LogP contribution in [0.25, 0.3) is 0 Å². The molecule has 36 heavy (non-hydrogen) atoms. The van der Waals surface area contributed by atoms with Gasteiger partial charge < -0.3 is 20.4 Å². The Morgan fingerprint density at radius 3 is 2.17 bits per heavy atom. The minimum absolute atomic E-state index is 0.142. The van der Waals surface area contributed by atoms with Crippen LogP contribution in [0.1, 0.15) is 40.4 Å². The normalized spacial score (nSPS) is 13.3. The minimum atomic E-state index is -3.93. The van der Waals surface area contributed by atoms with Gasteiger partial charge in [0.15, 0.2) is 0 Å². The first-order valence-electron chi connectivity index (χ1n) is 11.2. The molecule has 0 saturated carbocycles. The van der Waals surface area contributed by atoms with Gasteiger partial charge in [0.1, 0.15) is 11.4 Å². The maximum atomic E-state index is 12.9. The Morgan fingerprint density at radius 1 is 1.00 bits per heavy atom. The standard InChI is InChI=1S/C24H32N4O7S/c1-16(2)36(34,35)28(15-22(30)27(3)4)14-21(29)20(13-17-9-6-5-7-10-17)26-23(31)18-11-8-12-19(25-18)24(32)33/h5-12,16,20-21,29H,13-15H2,1-4H3,(H,26,31)(H,32,33)/t20-,21+/m0/s1. The highest BCUT2D eigenvalue weighted by atomic mass is 32.2. The van der Waals surface area contributed by atoms with Gasteiger partial charge in [0.2, 0.25) is 15.9 Å². The number of aromatic carboxylic acids is 1. The highest BCUT2D eigenvalue weighted by Gasteiger charge is 2.33. The predicted molar refractivity (Wildman–Crippen MR) is 133 cm³/mol. The minimum Gasteiger partial charge on any atom is -0.477 e. The van der Waals surface area contributed by atoms with Crippen LogP contribution < -0.4 is 5.32 Å². The summed E-state index contributed by atoms with van der Waals surface area (Å²) >= 11 is 0. The lowest BCUT2D eigenvalue weighted by atomic mass is 10.0. The Hall–Kier alpha value is -3.35. The third kappa shape index (κ3) is 7.83. The van der Waals surface area contributed by atoms with Gasteiger partial charge in [0.05, 0.1) is 23.9 Å². The molecule has 196 valence electrons. The molecule has 2 amide bonds. The van der Waals surface area contributed by atoms with E-state index in [0.29, 0.717) is 0 Å². The van der Waals surface area contributed by atoms with E-state index in [0.717, 1.165) is 9.87 Å². The van der Waals surface area contributed by atoms with Crippen LogP contribution in [-0.2, 0) is 21.2 Å². The number of likely N-dealkylation sites (N-methyl/N-ethyl adjacent to an activating group) is 1. The number of sulfonamides is 1. The number of carbonyl (C=O) groups excluding carboxylic acids is 2. The van der Waals surface area contributed by atoms with Crippen molar-refractivity contribution in [2.24, 2.45) is 0 Å². The van der Waals surface area contributed by atoms with Gasteiger partial charge in [-0.25, -0.2) is 18.2 Å². The van der Waals surface area contributed by atoms with Gasteiger partial charge in [-0.15, -0.1) is 0 Å². The number of carbonyl (C=O) groups is 3. The van der Waals surface area contributed by atoms with Gasteiger partial charge in [-0.2, -0.15) is 4.31 Å². The van der Waals surface area contributed by atoms with Crippen molar-refractivity contribution in [3.05, 3.63) is 65.5 Å². The van der Waals surface area contributed by atoms with Gasteiger partial charge in [-0.3, -0.25) is 9.59 Å². The van der Waals surface area contributed by atoms with E-state index >= 15 is 0 Å². The first kappa shape index (κ1) is 28.9. The van der Waals surface area contributed by atoms with Crippen LogP contribution >= 0.6 is 0 Å². The molecule has 3 N–H and O–H groups in total. The highest BCUT2D eigenvalue weighted by molar-refractivity contribution is 7.89. The van der Waals surface area contributed by atoms with E-state index < -0.39 is 58.3 Å². The third-order valence-electron chi connectivity index (χ3n) is 5.44. The maximum Gasteiger partial charge on any atom is 0.354 e. The summed E-state index contributed by atoms with van der Waals surface area (Å²) in [5, 5.41) is 22.1. The Bertz CT molecular complexity index is 1170. The molecule has 0 spiro atoms. The van der Waals surface area contributed by atoms with Crippen LogP contribution in [0.4, 0.5) is 0 Å². The predicted octanol–water partition coefficient (Wildman–Crippen LogP) is 0.610. The number of nitrogens with zero attached hydrogens (tertiary/aromatic N) is 3. The van der Waals surface area contributed by atoms with Crippen LogP contribution in [0.3, 0.4) is 0 Å². The molecule has 0 aliphatic heterocycles. The number of hydrogen-bond donors (Lipinski definition) is 3. The summed E-state index contributed by atoms with van der Waals surface area (Å²) in [5.74, 6) is -2.50. The highest BCUT2D eigenvalue weighted by Crippen LogP contribution is 2.14. The van der Waals surface area contributed by atoms with Crippen LogP contribution in [0.2, 0.25) is 0 Å². The molecule has 2 atom stereocenters. The monoisotopic (exact) mass is 520 g/mol. The molecule has 0 fully saturated rings. The molecule has 2 rings (SSSR count). The van der Waals surface area contributed by atoms with Crippen LogP contribution in [-0.4, -0.2) is 95.2 Å². The number of hydrogen-bond acceptors (Lipinski definition) is 7. The first-order chi connectivity index (χ1) is 16.8. The molecular formula is C24H32N4O7S. The molecule has 1 aromatic carbocycles. The van der Waals surface area contributed by atoms with E-state index in [-0.39, 0.29) is 17.8 Å². The van der Waals surface area contributed by atoms with Crippen molar-refractivity contribution in [2.75, 3.05) is 27.2 Å². The number of amides is 2. The van der Waals surface area contributed by atoms with E-state index in [1.807, 2.05) is 0 Å². The lowest BCUT2D eigenvalue weighted by molar-refractivity contribution is -0.129. The first-order valence-corrected chi connectivity index (χ1v) is 12.8. The van der Waals surface area contributed by atoms with Crippen molar-refractivity contribution in [1.82, 2.24) is 19.5 Å². The Kier molecular flexibility index (Phi) is 10.1. The molecule has 0 aliphatic rings. The zero-order valence-corrected chi connectivity index (χ0v) is 21.5. The molecule has 1 heterocycles. The summed E-state index contributed by atoms with van der Waals surface area (Å²) in [7, 11) is -0.938. The zero-order chi connectivity index (χ0) is 27.0. The topological polar surface area (TPSA) is 157 Å². The summed E-state index contributed by atoms with van der Waals surface area (Å²) in [4.78, 5) is 41.5. The summed E-state index contributed by atoms with van der Waals surface area (Å²) in [6.45, 7) is 2.03. The Balaban J connectivity index is 2.35. The van der Waals surface area contributed by atoms with Crippen molar-refractivity contribution >= 4 is 27.8 Å². The Labute approximate surface area is 210 Å². The number of rotatable bonds is 12. The number of nitrogens with one attached hydrogen (secondary N) is 1. The number of aliphatic hydroxyl groups is 1. The van der Waals surface area contributed by atoms with Crippen molar-refractivity contribution in [1.29, 1.82) is 0 Å². The fourth-order valence-corrected chi connectivity index (χ4v) is 4.51. The number of aliphatic hydroxyl groups excluding tert-OH is 1. The van der Waals surface area contributed by atoms with Gasteiger partial charge in [-0.05, 0) is 38.0 Å². The molecule has 0 aliphatic carbocycles.